The number of likely N-dealkylation sites (N-methyl/N-ethyl adjacent to an activating group) is 1. The summed E-state index contributed by atoms with van der Waals surface area (Å²) >= 11 is 0. The zero-order valence-corrected chi connectivity index (χ0v) is 18.4. The molecule has 3 aromatic rings. The van der Waals surface area contributed by atoms with Crippen LogP contribution >= 0.6 is 0 Å². The number of nitrogens with zero attached hydrogens (tertiary/aromatic N) is 3. The SMILES string of the molecule is CN1CC=C(c2cn(S(=O)(=O)c3ccc(N4CCCC4)cc3)c3ccc(F)cc23)CC1. The maximum atomic E-state index is 14.1. The Balaban J connectivity index is 1.59. The molecule has 0 saturated carbocycles. The number of hydrogen-bond acceptors (Lipinski definition) is 4. The first-order valence-electron chi connectivity index (χ1n) is 10.7. The van der Waals surface area contributed by atoms with Crippen molar-refractivity contribution in [3.05, 3.63) is 66.1 Å². The molecule has 0 N–H and O–H groups in total. The molecule has 0 aliphatic carbocycles. The highest BCUT2D eigenvalue weighted by Gasteiger charge is 2.24. The Kier molecular flexibility index (Phi) is 5.10. The highest BCUT2D eigenvalue weighted by molar-refractivity contribution is 7.90. The second kappa shape index (κ2) is 7.80. The molecular formula is C24H26FN3O2S. The second-order valence-corrected chi connectivity index (χ2v) is 10.2. The summed E-state index contributed by atoms with van der Waals surface area (Å²) in [5.41, 5.74) is 3.40. The number of halogens is 1. The molecule has 162 valence electrons. The van der Waals surface area contributed by atoms with Crippen LogP contribution in [0.25, 0.3) is 16.5 Å². The quantitative estimate of drug-likeness (QED) is 0.607. The van der Waals surface area contributed by atoms with Crippen molar-refractivity contribution in [2.45, 2.75) is 24.2 Å². The van der Waals surface area contributed by atoms with E-state index >= 15 is 0 Å². The largest absolute Gasteiger partial charge is 0.372 e. The third-order valence-electron chi connectivity index (χ3n) is 6.36. The van der Waals surface area contributed by atoms with Gasteiger partial charge >= 0.3 is 0 Å². The number of aromatic nitrogens is 1. The van der Waals surface area contributed by atoms with E-state index in [9.17, 15) is 12.8 Å². The van der Waals surface area contributed by atoms with Gasteiger partial charge in [-0.05, 0) is 74.3 Å². The summed E-state index contributed by atoms with van der Waals surface area (Å²) in [5.74, 6) is -0.368. The summed E-state index contributed by atoms with van der Waals surface area (Å²) in [4.78, 5) is 4.71. The van der Waals surface area contributed by atoms with Crippen LogP contribution in [0.2, 0.25) is 0 Å². The monoisotopic (exact) mass is 439 g/mol. The fourth-order valence-electron chi connectivity index (χ4n) is 4.56. The average molecular weight is 440 g/mol. The van der Waals surface area contributed by atoms with Crippen LogP contribution in [0.1, 0.15) is 24.8 Å². The molecule has 3 heterocycles. The van der Waals surface area contributed by atoms with E-state index in [1.165, 1.54) is 28.9 Å². The van der Waals surface area contributed by atoms with Crippen LogP contribution in [-0.4, -0.2) is 50.5 Å². The van der Waals surface area contributed by atoms with Crippen LogP contribution in [0.4, 0.5) is 10.1 Å². The predicted molar refractivity (Wildman–Crippen MR) is 122 cm³/mol. The van der Waals surface area contributed by atoms with Crippen molar-refractivity contribution < 1.29 is 12.8 Å². The van der Waals surface area contributed by atoms with E-state index in [1.807, 2.05) is 19.2 Å². The first kappa shape index (κ1) is 20.3. The van der Waals surface area contributed by atoms with E-state index in [4.69, 9.17) is 0 Å². The van der Waals surface area contributed by atoms with Gasteiger partial charge in [-0.25, -0.2) is 16.8 Å². The van der Waals surface area contributed by atoms with E-state index < -0.39 is 10.0 Å². The van der Waals surface area contributed by atoms with Crippen LogP contribution in [0, 0.1) is 5.82 Å². The number of rotatable bonds is 4. The third-order valence-corrected chi connectivity index (χ3v) is 8.04. The van der Waals surface area contributed by atoms with E-state index in [2.05, 4.69) is 15.9 Å². The summed E-state index contributed by atoms with van der Waals surface area (Å²) in [6, 6.07) is 11.4. The lowest BCUT2D eigenvalue weighted by atomic mass is 9.99. The molecule has 31 heavy (non-hydrogen) atoms. The minimum absolute atomic E-state index is 0.237. The topological polar surface area (TPSA) is 45.6 Å². The molecule has 0 bridgehead atoms. The summed E-state index contributed by atoms with van der Waals surface area (Å²) in [7, 11) is -1.76. The fraction of sp³-hybridized carbons (Fsp3) is 0.333. The van der Waals surface area contributed by atoms with Crippen molar-refractivity contribution in [3.8, 4) is 0 Å². The van der Waals surface area contributed by atoms with Crippen molar-refractivity contribution in [2.24, 2.45) is 0 Å². The van der Waals surface area contributed by atoms with Gasteiger partial charge in [0.25, 0.3) is 10.0 Å². The molecular weight excluding hydrogens is 413 g/mol. The molecule has 2 aliphatic rings. The van der Waals surface area contributed by atoms with Crippen molar-refractivity contribution in [1.29, 1.82) is 0 Å². The van der Waals surface area contributed by atoms with Crippen LogP contribution in [0.15, 0.2) is 59.6 Å². The Hall–Kier alpha value is -2.64. The van der Waals surface area contributed by atoms with Gasteiger partial charge in [0.2, 0.25) is 0 Å². The Bertz CT molecular complexity index is 1260. The van der Waals surface area contributed by atoms with Gasteiger partial charge in [0, 0.05) is 49.0 Å². The fourth-order valence-corrected chi connectivity index (χ4v) is 5.93. The Morgan fingerprint density at radius 2 is 1.71 bits per heavy atom. The smallest absolute Gasteiger partial charge is 0.268 e. The lowest BCUT2D eigenvalue weighted by Crippen LogP contribution is -2.23. The summed E-state index contributed by atoms with van der Waals surface area (Å²) in [6.07, 6.45) is 6.90. The minimum atomic E-state index is -3.81. The number of benzene rings is 2. The van der Waals surface area contributed by atoms with Crippen molar-refractivity contribution >= 4 is 32.2 Å². The highest BCUT2D eigenvalue weighted by Crippen LogP contribution is 2.34. The van der Waals surface area contributed by atoms with E-state index in [1.54, 1.807) is 24.4 Å². The van der Waals surface area contributed by atoms with Crippen molar-refractivity contribution in [2.75, 3.05) is 38.1 Å². The molecule has 2 aliphatic heterocycles. The number of fused-ring (bicyclic) bond motifs is 1. The molecule has 1 fully saturated rings. The van der Waals surface area contributed by atoms with Gasteiger partial charge in [-0.3, -0.25) is 0 Å². The Morgan fingerprint density at radius 3 is 2.39 bits per heavy atom. The van der Waals surface area contributed by atoms with E-state index in [0.29, 0.717) is 10.9 Å². The van der Waals surface area contributed by atoms with Crippen LogP contribution in [0.3, 0.4) is 0 Å². The number of hydrogen-bond donors (Lipinski definition) is 0. The van der Waals surface area contributed by atoms with Crippen molar-refractivity contribution in [1.82, 2.24) is 8.87 Å². The first-order chi connectivity index (χ1) is 14.9. The lowest BCUT2D eigenvalue weighted by molar-refractivity contribution is 0.370. The normalized spacial score (nSPS) is 18.0. The molecule has 0 unspecified atom stereocenters. The second-order valence-electron chi connectivity index (χ2n) is 8.43. The molecule has 5 nitrogen and oxygen atoms in total. The van der Waals surface area contributed by atoms with Gasteiger partial charge in [0.1, 0.15) is 5.82 Å². The Labute approximate surface area is 182 Å². The maximum absolute atomic E-state index is 14.1. The molecule has 0 radical (unpaired) electrons. The number of anilines is 1. The molecule has 0 spiro atoms. The third kappa shape index (κ3) is 3.66. The molecule has 7 heteroatoms. The predicted octanol–water partition coefficient (Wildman–Crippen LogP) is 4.34. The van der Waals surface area contributed by atoms with Crippen LogP contribution < -0.4 is 4.90 Å². The van der Waals surface area contributed by atoms with Crippen LogP contribution in [0.5, 0.6) is 0 Å². The standard InChI is InChI=1S/C24H26FN3O2S/c1-26-14-10-18(11-15-26)23-17-28(24-9-4-19(25)16-22(23)24)31(29,30)21-7-5-20(6-8-21)27-12-2-3-13-27/h4-10,16-17H,2-3,11-15H2,1H3. The van der Waals surface area contributed by atoms with Gasteiger partial charge in [-0.2, -0.15) is 0 Å². The Morgan fingerprint density at radius 1 is 0.968 bits per heavy atom. The van der Waals surface area contributed by atoms with Crippen LogP contribution in [-0.2, 0) is 10.0 Å². The van der Waals surface area contributed by atoms with Gasteiger partial charge in [0.05, 0.1) is 10.4 Å². The molecule has 0 amide bonds. The van der Waals surface area contributed by atoms with Gasteiger partial charge in [-0.1, -0.05) is 6.08 Å². The first-order valence-corrected chi connectivity index (χ1v) is 12.2. The zero-order valence-electron chi connectivity index (χ0n) is 17.6. The maximum Gasteiger partial charge on any atom is 0.268 e. The summed E-state index contributed by atoms with van der Waals surface area (Å²) in [5, 5.41) is 0.632. The van der Waals surface area contributed by atoms with Crippen molar-refractivity contribution in [3.63, 3.8) is 0 Å². The summed E-state index contributed by atoms with van der Waals surface area (Å²) < 4.78 is 42.5. The van der Waals surface area contributed by atoms with Gasteiger partial charge < -0.3 is 9.80 Å². The molecule has 5 rings (SSSR count). The van der Waals surface area contributed by atoms with Gasteiger partial charge in [0.15, 0.2) is 0 Å². The molecule has 0 atom stereocenters. The highest BCUT2D eigenvalue weighted by atomic mass is 32.2. The zero-order chi connectivity index (χ0) is 21.6. The van der Waals surface area contributed by atoms with E-state index in [-0.39, 0.29) is 10.7 Å². The average Bonchev–Trinajstić information content (AvgIpc) is 3.43. The molecule has 1 aromatic heterocycles. The minimum Gasteiger partial charge on any atom is -0.372 e. The molecule has 2 aromatic carbocycles. The molecule has 1 saturated heterocycles. The lowest BCUT2D eigenvalue weighted by Gasteiger charge is -2.21. The van der Waals surface area contributed by atoms with Gasteiger partial charge in [-0.15, -0.1) is 0 Å². The van der Waals surface area contributed by atoms with E-state index in [0.717, 1.165) is 49.4 Å². The summed E-state index contributed by atoms with van der Waals surface area (Å²) in [6.45, 7) is 3.70.